The van der Waals surface area contributed by atoms with Crippen molar-refractivity contribution in [2.24, 2.45) is 11.8 Å². The van der Waals surface area contributed by atoms with E-state index in [1.54, 1.807) is 24.3 Å². The lowest BCUT2D eigenvalue weighted by Crippen LogP contribution is -2.45. The fourth-order valence-electron chi connectivity index (χ4n) is 3.74. The summed E-state index contributed by atoms with van der Waals surface area (Å²) >= 11 is 0. The van der Waals surface area contributed by atoms with Gasteiger partial charge in [0.25, 0.3) is 5.91 Å². The molecule has 0 aliphatic heterocycles. The molecule has 0 unspecified atom stereocenters. The Balaban J connectivity index is 1.65. The second-order valence-electron chi connectivity index (χ2n) is 7.35. The Bertz CT molecular complexity index is 863. The van der Waals surface area contributed by atoms with Gasteiger partial charge in [0.1, 0.15) is 17.1 Å². The lowest BCUT2D eigenvalue weighted by molar-refractivity contribution is -0.125. The molecule has 6 heteroatoms. The summed E-state index contributed by atoms with van der Waals surface area (Å²) in [5, 5.41) is 24.1. The molecule has 0 aromatic heterocycles. The quantitative estimate of drug-likeness (QED) is 0.566. The van der Waals surface area contributed by atoms with Crippen molar-refractivity contribution in [2.45, 2.75) is 39.2 Å². The molecule has 0 heterocycles. The summed E-state index contributed by atoms with van der Waals surface area (Å²) in [6, 6.07) is 7.88. The van der Waals surface area contributed by atoms with Gasteiger partial charge in [-0.1, -0.05) is 51.0 Å². The predicted octanol–water partition coefficient (Wildman–Crippen LogP) is 3.35. The van der Waals surface area contributed by atoms with Crippen molar-refractivity contribution in [2.75, 3.05) is 6.61 Å². The molecule has 1 fully saturated rings. The first-order valence-corrected chi connectivity index (χ1v) is 9.28. The van der Waals surface area contributed by atoms with E-state index in [1.807, 2.05) is 0 Å². The van der Waals surface area contributed by atoms with Gasteiger partial charge in [-0.15, -0.1) is 0 Å². The van der Waals surface area contributed by atoms with E-state index in [4.69, 9.17) is 4.74 Å². The summed E-state index contributed by atoms with van der Waals surface area (Å²) in [6.07, 6.45) is 3.15. The standard InChI is InChI=1S/C21H25NO5/c1-12-6-5-9-17(13(12)2)22-19(24)11-27-21(26)16-10-18(23)14-7-3-4-8-15(14)20(16)25/h3-4,7-8,10,12-13,17,23,25H,5-6,9,11H2,1-2H3,(H,22,24)/t12-,13+,17+/m1/s1. The highest BCUT2D eigenvalue weighted by Crippen LogP contribution is 2.35. The van der Waals surface area contributed by atoms with Gasteiger partial charge in [-0.05, 0) is 24.3 Å². The number of ether oxygens (including phenoxy) is 1. The number of phenols is 2. The average molecular weight is 371 g/mol. The number of aromatic hydroxyl groups is 2. The highest BCUT2D eigenvalue weighted by molar-refractivity contribution is 6.04. The first-order chi connectivity index (χ1) is 12.9. The normalized spacial score (nSPS) is 22.4. The van der Waals surface area contributed by atoms with Crippen LogP contribution in [0.25, 0.3) is 10.8 Å². The number of nitrogens with one attached hydrogen (secondary N) is 1. The fraction of sp³-hybridized carbons (Fsp3) is 0.429. The van der Waals surface area contributed by atoms with Crippen molar-refractivity contribution in [1.29, 1.82) is 0 Å². The van der Waals surface area contributed by atoms with Gasteiger partial charge in [-0.3, -0.25) is 4.79 Å². The maximum atomic E-state index is 12.3. The number of carbonyl (C=O) groups is 2. The summed E-state index contributed by atoms with van der Waals surface area (Å²) in [5.74, 6) is -0.704. The van der Waals surface area contributed by atoms with Crippen molar-refractivity contribution in [3.8, 4) is 11.5 Å². The molecule has 0 radical (unpaired) electrons. The zero-order chi connectivity index (χ0) is 19.6. The van der Waals surface area contributed by atoms with E-state index in [0.717, 1.165) is 25.3 Å². The molecule has 0 saturated heterocycles. The minimum atomic E-state index is -0.853. The lowest BCUT2D eigenvalue weighted by Gasteiger charge is -2.34. The average Bonchev–Trinajstić information content (AvgIpc) is 2.66. The van der Waals surface area contributed by atoms with Crippen LogP contribution in [0.15, 0.2) is 30.3 Å². The van der Waals surface area contributed by atoms with Gasteiger partial charge in [-0.2, -0.15) is 0 Å². The summed E-state index contributed by atoms with van der Waals surface area (Å²) < 4.78 is 5.06. The van der Waals surface area contributed by atoms with Crippen LogP contribution in [0.4, 0.5) is 0 Å². The molecule has 27 heavy (non-hydrogen) atoms. The van der Waals surface area contributed by atoms with E-state index in [1.165, 1.54) is 0 Å². The van der Waals surface area contributed by atoms with Crippen LogP contribution in [0, 0.1) is 11.8 Å². The number of phenolic OH excluding ortho intramolecular Hbond substituents is 2. The lowest BCUT2D eigenvalue weighted by atomic mass is 9.78. The van der Waals surface area contributed by atoms with Gasteiger partial charge in [0.15, 0.2) is 6.61 Å². The van der Waals surface area contributed by atoms with E-state index >= 15 is 0 Å². The topological polar surface area (TPSA) is 95.9 Å². The van der Waals surface area contributed by atoms with E-state index in [-0.39, 0.29) is 29.0 Å². The van der Waals surface area contributed by atoms with Gasteiger partial charge in [0.2, 0.25) is 0 Å². The predicted molar refractivity (Wildman–Crippen MR) is 102 cm³/mol. The number of carbonyl (C=O) groups excluding carboxylic acids is 2. The SMILES string of the molecule is C[C@H]1[C@H](C)CCC[C@@H]1NC(=O)COC(=O)c1cc(O)c2ccccc2c1O. The molecule has 3 atom stereocenters. The number of benzene rings is 2. The Morgan fingerprint density at radius 2 is 1.85 bits per heavy atom. The van der Waals surface area contributed by atoms with Gasteiger partial charge in [0.05, 0.1) is 0 Å². The zero-order valence-electron chi connectivity index (χ0n) is 15.6. The van der Waals surface area contributed by atoms with E-state index in [9.17, 15) is 19.8 Å². The first-order valence-electron chi connectivity index (χ1n) is 9.28. The molecular formula is C21H25NO5. The largest absolute Gasteiger partial charge is 0.507 e. The number of esters is 1. The molecule has 1 aliphatic rings. The van der Waals surface area contributed by atoms with E-state index in [0.29, 0.717) is 22.6 Å². The van der Waals surface area contributed by atoms with Crippen molar-refractivity contribution in [3.63, 3.8) is 0 Å². The smallest absolute Gasteiger partial charge is 0.342 e. The van der Waals surface area contributed by atoms with Crippen LogP contribution in [0.1, 0.15) is 43.5 Å². The highest BCUT2D eigenvalue weighted by atomic mass is 16.5. The number of hydrogen-bond donors (Lipinski definition) is 3. The summed E-state index contributed by atoms with van der Waals surface area (Å²) in [4.78, 5) is 24.5. The zero-order valence-corrected chi connectivity index (χ0v) is 15.6. The van der Waals surface area contributed by atoms with Crippen molar-refractivity contribution >= 4 is 22.6 Å². The van der Waals surface area contributed by atoms with Crippen LogP contribution in [-0.2, 0) is 9.53 Å². The maximum Gasteiger partial charge on any atom is 0.342 e. The molecule has 6 nitrogen and oxygen atoms in total. The van der Waals surface area contributed by atoms with Gasteiger partial charge < -0.3 is 20.3 Å². The molecular weight excluding hydrogens is 346 g/mol. The third-order valence-corrected chi connectivity index (χ3v) is 5.60. The third kappa shape index (κ3) is 3.99. The number of rotatable bonds is 4. The second kappa shape index (κ2) is 7.86. The molecule has 3 N–H and O–H groups in total. The molecule has 144 valence electrons. The summed E-state index contributed by atoms with van der Waals surface area (Å²) in [5.41, 5.74) is -0.168. The third-order valence-electron chi connectivity index (χ3n) is 5.60. The monoisotopic (exact) mass is 371 g/mol. The molecule has 1 amide bonds. The van der Waals surface area contributed by atoms with Crippen LogP contribution in [0.3, 0.4) is 0 Å². The number of hydrogen-bond acceptors (Lipinski definition) is 5. The van der Waals surface area contributed by atoms with Crippen molar-refractivity contribution in [1.82, 2.24) is 5.32 Å². The molecule has 0 bridgehead atoms. The Labute approximate surface area is 158 Å². The first kappa shape index (κ1) is 19.0. The molecule has 1 aliphatic carbocycles. The molecule has 2 aromatic rings. The van der Waals surface area contributed by atoms with Crippen molar-refractivity contribution < 1.29 is 24.5 Å². The van der Waals surface area contributed by atoms with Gasteiger partial charge in [-0.25, -0.2) is 4.79 Å². The van der Waals surface area contributed by atoms with E-state index < -0.39 is 12.6 Å². The van der Waals surface area contributed by atoms with Crippen LogP contribution in [-0.4, -0.2) is 34.7 Å². The maximum absolute atomic E-state index is 12.3. The Hall–Kier alpha value is -2.76. The molecule has 1 saturated carbocycles. The second-order valence-corrected chi connectivity index (χ2v) is 7.35. The highest BCUT2D eigenvalue weighted by Gasteiger charge is 2.28. The van der Waals surface area contributed by atoms with Crippen LogP contribution in [0.5, 0.6) is 11.5 Å². The Morgan fingerprint density at radius 1 is 1.15 bits per heavy atom. The van der Waals surface area contributed by atoms with Crippen LogP contribution in [0.2, 0.25) is 0 Å². The van der Waals surface area contributed by atoms with Crippen molar-refractivity contribution in [3.05, 3.63) is 35.9 Å². The summed E-state index contributed by atoms with van der Waals surface area (Å²) in [6.45, 7) is 3.87. The molecule has 0 spiro atoms. The molecule has 2 aromatic carbocycles. The van der Waals surface area contributed by atoms with Crippen LogP contribution >= 0.6 is 0 Å². The fourth-order valence-corrected chi connectivity index (χ4v) is 3.74. The minimum absolute atomic E-state index is 0.0815. The van der Waals surface area contributed by atoms with Crippen LogP contribution < -0.4 is 5.32 Å². The number of amides is 1. The Kier molecular flexibility index (Phi) is 5.54. The minimum Gasteiger partial charge on any atom is -0.507 e. The van der Waals surface area contributed by atoms with E-state index in [2.05, 4.69) is 19.2 Å². The Morgan fingerprint density at radius 3 is 2.59 bits per heavy atom. The van der Waals surface area contributed by atoms with Gasteiger partial charge >= 0.3 is 5.97 Å². The number of fused-ring (bicyclic) bond motifs is 1. The summed E-state index contributed by atoms with van der Waals surface area (Å²) in [7, 11) is 0. The molecule has 3 rings (SSSR count). The van der Waals surface area contributed by atoms with Gasteiger partial charge in [0, 0.05) is 16.8 Å².